The van der Waals surface area contributed by atoms with Gasteiger partial charge in [0.05, 0.1) is 22.7 Å². The lowest BCUT2D eigenvalue weighted by molar-refractivity contribution is -0.385. The lowest BCUT2D eigenvalue weighted by atomic mass is 10.1. The maximum absolute atomic E-state index is 14.5. The first-order valence-corrected chi connectivity index (χ1v) is 11.2. The van der Waals surface area contributed by atoms with Gasteiger partial charge in [-0.25, -0.2) is 13.6 Å². The zero-order valence-electron chi connectivity index (χ0n) is 17.2. The van der Waals surface area contributed by atoms with Gasteiger partial charge in [0.15, 0.2) is 5.69 Å². The maximum Gasteiger partial charge on any atom is 0.354 e. The fourth-order valence-corrected chi connectivity index (χ4v) is 5.27. The van der Waals surface area contributed by atoms with E-state index in [9.17, 15) is 37.2 Å². The Morgan fingerprint density at radius 3 is 2.61 bits per heavy atom. The van der Waals surface area contributed by atoms with Crippen LogP contribution in [0.2, 0.25) is 0 Å². The van der Waals surface area contributed by atoms with Gasteiger partial charge < -0.3 is 9.67 Å². The van der Waals surface area contributed by atoms with E-state index >= 15 is 0 Å². The molecule has 0 amide bonds. The molecule has 0 radical (unpaired) electrons. The van der Waals surface area contributed by atoms with Gasteiger partial charge in [-0.3, -0.25) is 14.4 Å². The van der Waals surface area contributed by atoms with E-state index in [2.05, 4.69) is 4.72 Å². The molecular weight excluding hydrogens is 462 g/mol. The second kappa shape index (κ2) is 8.08. The summed E-state index contributed by atoms with van der Waals surface area (Å²) in [6.45, 7) is 1.09. The van der Waals surface area contributed by atoms with Crippen LogP contribution in [-0.2, 0) is 16.8 Å². The Labute approximate surface area is 186 Å². The van der Waals surface area contributed by atoms with E-state index in [4.69, 9.17) is 0 Å². The van der Waals surface area contributed by atoms with Crippen LogP contribution >= 0.6 is 0 Å². The number of benzene rings is 2. The maximum atomic E-state index is 14.5. The lowest BCUT2D eigenvalue weighted by Gasteiger charge is -2.29. The number of nitrogens with zero attached hydrogens (tertiary/aromatic N) is 3. The van der Waals surface area contributed by atoms with Gasteiger partial charge in [0.2, 0.25) is 0 Å². The number of non-ortho nitro benzene ring substituents is 1. The molecule has 0 spiro atoms. The summed E-state index contributed by atoms with van der Waals surface area (Å²) in [5.74, 6) is -3.03. The van der Waals surface area contributed by atoms with Crippen molar-refractivity contribution in [3.8, 4) is 0 Å². The van der Waals surface area contributed by atoms with E-state index in [-0.39, 0.29) is 40.8 Å². The fraction of sp³-hybridized carbons (Fsp3) is 0.250. The molecule has 10 nitrogen and oxygen atoms in total. The van der Waals surface area contributed by atoms with Gasteiger partial charge in [-0.1, -0.05) is 0 Å². The number of carboxylic acid groups (broad SMARTS) is 1. The molecule has 3 aromatic rings. The molecule has 1 saturated heterocycles. The highest BCUT2D eigenvalue weighted by atomic mass is 32.2. The zero-order chi connectivity index (χ0) is 24.1. The lowest BCUT2D eigenvalue weighted by Crippen LogP contribution is -2.47. The molecule has 13 heteroatoms. The number of nitro benzene ring substituents is 1. The number of aromatic nitrogens is 1. The summed E-state index contributed by atoms with van der Waals surface area (Å²) in [6, 6.07) is 5.17. The van der Waals surface area contributed by atoms with E-state index < -0.39 is 50.7 Å². The van der Waals surface area contributed by atoms with Crippen LogP contribution in [0.25, 0.3) is 10.9 Å². The number of nitrogens with one attached hydrogen (secondary N) is 1. The summed E-state index contributed by atoms with van der Waals surface area (Å²) in [4.78, 5) is 22.7. The molecule has 1 aromatic heterocycles. The number of nitro groups is 1. The molecular formula is C20H18F2N4O6S. The number of aryl methyl sites for hydroxylation is 1. The van der Waals surface area contributed by atoms with Crippen LogP contribution in [0, 0.1) is 28.7 Å². The van der Waals surface area contributed by atoms with Crippen molar-refractivity contribution in [2.45, 2.75) is 19.9 Å². The Bertz CT molecular complexity index is 1420. The highest BCUT2D eigenvalue weighted by Gasteiger charge is 2.35. The summed E-state index contributed by atoms with van der Waals surface area (Å²) < 4.78 is 58.7. The normalized spacial score (nSPS) is 15.7. The molecule has 1 aliphatic heterocycles. The van der Waals surface area contributed by atoms with E-state index in [0.717, 1.165) is 33.1 Å². The van der Waals surface area contributed by atoms with E-state index in [1.807, 2.05) is 0 Å². The Morgan fingerprint density at radius 1 is 1.24 bits per heavy atom. The van der Waals surface area contributed by atoms with Gasteiger partial charge in [0, 0.05) is 36.2 Å². The van der Waals surface area contributed by atoms with Gasteiger partial charge >= 0.3 is 16.2 Å². The van der Waals surface area contributed by atoms with Crippen LogP contribution in [0.15, 0.2) is 30.3 Å². The summed E-state index contributed by atoms with van der Waals surface area (Å²) in [5, 5.41) is 21.3. The molecule has 2 heterocycles. The Hall–Kier alpha value is -3.58. The first-order valence-electron chi connectivity index (χ1n) is 9.77. The minimum atomic E-state index is -4.08. The van der Waals surface area contributed by atoms with Gasteiger partial charge in [0.25, 0.3) is 5.69 Å². The second-order valence-corrected chi connectivity index (χ2v) is 9.24. The van der Waals surface area contributed by atoms with Crippen molar-refractivity contribution in [1.82, 2.24) is 9.29 Å². The number of hydrogen-bond acceptors (Lipinski definition) is 5. The molecule has 1 fully saturated rings. The molecule has 33 heavy (non-hydrogen) atoms. The minimum Gasteiger partial charge on any atom is -0.477 e. The Balaban J connectivity index is 2.04. The van der Waals surface area contributed by atoms with Crippen LogP contribution in [-0.4, -0.2) is 42.1 Å². The van der Waals surface area contributed by atoms with E-state index in [1.165, 1.54) is 13.0 Å². The fourth-order valence-electron chi connectivity index (χ4n) is 3.91. The predicted molar refractivity (Wildman–Crippen MR) is 115 cm³/mol. The minimum absolute atomic E-state index is 0.0113. The van der Waals surface area contributed by atoms with Crippen molar-refractivity contribution in [2.75, 3.05) is 17.4 Å². The topological polar surface area (TPSA) is 135 Å². The molecule has 4 rings (SSSR count). The third kappa shape index (κ3) is 3.89. The molecule has 174 valence electrons. The van der Waals surface area contributed by atoms with Crippen molar-refractivity contribution < 1.29 is 32.0 Å². The van der Waals surface area contributed by atoms with Crippen LogP contribution in [0.1, 0.15) is 28.0 Å². The average Bonchev–Trinajstić information content (AvgIpc) is 3.02. The molecule has 0 atom stereocenters. The molecule has 0 aliphatic carbocycles. The van der Waals surface area contributed by atoms with E-state index in [0.29, 0.717) is 6.42 Å². The van der Waals surface area contributed by atoms with Crippen molar-refractivity contribution in [2.24, 2.45) is 0 Å². The van der Waals surface area contributed by atoms with Crippen LogP contribution in [0.5, 0.6) is 0 Å². The predicted octanol–water partition coefficient (Wildman–Crippen LogP) is 2.93. The molecule has 2 N–H and O–H groups in total. The van der Waals surface area contributed by atoms with Gasteiger partial charge in [-0.2, -0.15) is 13.1 Å². The quantitative estimate of drug-likeness (QED) is 0.426. The molecule has 0 unspecified atom stereocenters. The number of carboxylic acids is 1. The Kier molecular flexibility index (Phi) is 5.54. The number of rotatable bonds is 5. The summed E-state index contributed by atoms with van der Waals surface area (Å²) in [7, 11) is -4.08. The van der Waals surface area contributed by atoms with Crippen molar-refractivity contribution in [1.29, 1.82) is 0 Å². The molecule has 0 saturated carbocycles. The number of anilines is 1. The van der Waals surface area contributed by atoms with Crippen LogP contribution in [0.4, 0.5) is 20.2 Å². The summed E-state index contributed by atoms with van der Waals surface area (Å²) >= 11 is 0. The van der Waals surface area contributed by atoms with E-state index in [1.54, 1.807) is 0 Å². The monoisotopic (exact) mass is 480 g/mol. The van der Waals surface area contributed by atoms with Crippen LogP contribution in [0.3, 0.4) is 0 Å². The molecule has 2 aromatic carbocycles. The standard InChI is InChI=1S/C20H18F2N4O6S/c1-11-7-14-17(9-16(11)22)24(10-12-8-13(26(29)30)3-4-15(12)21)19(20(27)28)18(14)25-6-2-5-23-33(25,31)32/h3-4,7-9,23H,2,5-6,10H2,1H3,(H,27,28). The number of fused-ring (bicyclic) bond motifs is 1. The van der Waals surface area contributed by atoms with Crippen molar-refractivity contribution in [3.05, 3.63) is 68.9 Å². The Morgan fingerprint density at radius 2 is 1.97 bits per heavy atom. The van der Waals surface area contributed by atoms with Gasteiger partial charge in [0.1, 0.15) is 11.6 Å². The second-order valence-electron chi connectivity index (χ2n) is 7.56. The molecule has 0 bridgehead atoms. The molecule has 1 aliphatic rings. The average molecular weight is 480 g/mol. The third-order valence-corrected chi connectivity index (χ3v) is 6.96. The van der Waals surface area contributed by atoms with Gasteiger partial charge in [-0.15, -0.1) is 0 Å². The number of hydrogen-bond donors (Lipinski definition) is 2. The van der Waals surface area contributed by atoms with Crippen molar-refractivity contribution in [3.63, 3.8) is 0 Å². The number of halogens is 2. The summed E-state index contributed by atoms with van der Waals surface area (Å²) in [6.07, 6.45) is 0.393. The number of aromatic carboxylic acids is 1. The van der Waals surface area contributed by atoms with Gasteiger partial charge in [-0.05, 0) is 37.1 Å². The van der Waals surface area contributed by atoms with Crippen molar-refractivity contribution >= 4 is 38.5 Å². The SMILES string of the molecule is Cc1cc2c(N3CCCNS3(=O)=O)c(C(=O)O)n(Cc3cc([N+](=O)[O-])ccc3F)c2cc1F. The first-order chi connectivity index (χ1) is 15.5. The summed E-state index contributed by atoms with van der Waals surface area (Å²) in [5.41, 5.74) is -1.15. The first kappa shape index (κ1) is 22.6. The van der Waals surface area contributed by atoms with Crippen LogP contribution < -0.4 is 9.03 Å². The highest BCUT2D eigenvalue weighted by Crippen LogP contribution is 2.38. The zero-order valence-corrected chi connectivity index (χ0v) is 18.0. The highest BCUT2D eigenvalue weighted by molar-refractivity contribution is 7.91. The smallest absolute Gasteiger partial charge is 0.354 e. The third-order valence-electron chi connectivity index (χ3n) is 5.45. The largest absolute Gasteiger partial charge is 0.477 e. The number of carbonyl (C=O) groups is 1.